The molecular formula is C12H18N2O3S. The second-order valence-electron chi connectivity index (χ2n) is 4.24. The van der Waals surface area contributed by atoms with Gasteiger partial charge in [-0.3, -0.25) is 4.90 Å². The predicted molar refractivity (Wildman–Crippen MR) is 69.4 cm³/mol. The summed E-state index contributed by atoms with van der Waals surface area (Å²) in [4.78, 5) is 2.19. The Morgan fingerprint density at radius 3 is 2.94 bits per heavy atom. The summed E-state index contributed by atoms with van der Waals surface area (Å²) in [7, 11) is 0. The number of thioether (sulfide) groups is 1. The SMILES string of the molecule is [O-][n+]1ccccc1SCC(O)CN1CCOCC1. The Hall–Kier alpha value is -0.820. The molecule has 2 heterocycles. The van der Waals surface area contributed by atoms with E-state index in [9.17, 15) is 10.3 Å². The Bertz CT molecular complexity index is 372. The number of aliphatic hydroxyl groups is 1. The molecule has 18 heavy (non-hydrogen) atoms. The number of hydrogen-bond acceptors (Lipinski definition) is 5. The number of aromatic nitrogens is 1. The third-order valence-electron chi connectivity index (χ3n) is 2.78. The first-order valence-corrected chi connectivity index (χ1v) is 7.03. The summed E-state index contributed by atoms with van der Waals surface area (Å²) in [6.07, 6.45) is 1.05. The van der Waals surface area contributed by atoms with Crippen molar-refractivity contribution < 1.29 is 14.6 Å². The van der Waals surface area contributed by atoms with Crippen molar-refractivity contribution in [2.24, 2.45) is 0 Å². The van der Waals surface area contributed by atoms with E-state index in [1.165, 1.54) is 18.0 Å². The number of β-amino-alcohol motifs (C(OH)–C–C–N with tert-alkyl or cyclic N) is 1. The molecule has 1 aliphatic heterocycles. The van der Waals surface area contributed by atoms with Crippen LogP contribution in [-0.2, 0) is 4.74 Å². The van der Waals surface area contributed by atoms with Gasteiger partial charge in [-0.25, -0.2) is 0 Å². The van der Waals surface area contributed by atoms with Gasteiger partial charge in [0.15, 0.2) is 6.20 Å². The van der Waals surface area contributed by atoms with Gasteiger partial charge in [-0.2, -0.15) is 4.73 Å². The van der Waals surface area contributed by atoms with Crippen LogP contribution in [0.2, 0.25) is 0 Å². The van der Waals surface area contributed by atoms with Crippen molar-refractivity contribution in [1.29, 1.82) is 0 Å². The zero-order valence-electron chi connectivity index (χ0n) is 10.2. The molecule has 1 aliphatic rings. The van der Waals surface area contributed by atoms with Gasteiger partial charge in [0.05, 0.1) is 19.3 Å². The number of morpholine rings is 1. The van der Waals surface area contributed by atoms with Crippen LogP contribution in [0.15, 0.2) is 29.4 Å². The molecule has 1 unspecified atom stereocenters. The molecule has 1 saturated heterocycles. The second kappa shape index (κ2) is 6.94. The van der Waals surface area contributed by atoms with E-state index in [2.05, 4.69) is 4.90 Å². The topological polar surface area (TPSA) is 59.6 Å². The Kier molecular flexibility index (Phi) is 5.25. The maximum absolute atomic E-state index is 11.4. The molecular weight excluding hydrogens is 252 g/mol. The van der Waals surface area contributed by atoms with Crippen molar-refractivity contribution in [1.82, 2.24) is 4.90 Å². The lowest BCUT2D eigenvalue weighted by Crippen LogP contribution is -2.41. The molecule has 1 aromatic heterocycles. The van der Waals surface area contributed by atoms with Crippen LogP contribution in [0.5, 0.6) is 0 Å². The van der Waals surface area contributed by atoms with Gasteiger partial charge in [0.25, 0.3) is 5.03 Å². The summed E-state index contributed by atoms with van der Waals surface area (Å²) in [6.45, 7) is 3.85. The minimum absolute atomic E-state index is 0.423. The van der Waals surface area contributed by atoms with Crippen molar-refractivity contribution in [3.05, 3.63) is 29.6 Å². The summed E-state index contributed by atoms with van der Waals surface area (Å²) >= 11 is 1.39. The van der Waals surface area contributed by atoms with Crippen molar-refractivity contribution in [3.63, 3.8) is 0 Å². The lowest BCUT2D eigenvalue weighted by atomic mass is 10.3. The summed E-state index contributed by atoms with van der Waals surface area (Å²) in [5.74, 6) is 0.531. The second-order valence-corrected chi connectivity index (χ2v) is 5.28. The monoisotopic (exact) mass is 270 g/mol. The predicted octanol–water partition coefficient (Wildman–Crippen LogP) is 0.105. The van der Waals surface area contributed by atoms with Gasteiger partial charge >= 0.3 is 0 Å². The largest absolute Gasteiger partial charge is 0.618 e. The summed E-state index contributed by atoms with van der Waals surface area (Å²) in [5.41, 5.74) is 0. The van der Waals surface area contributed by atoms with Gasteiger partial charge in [-0.05, 0) is 6.07 Å². The summed E-state index contributed by atoms with van der Waals surface area (Å²) in [6, 6.07) is 5.28. The molecule has 0 amide bonds. The standard InChI is InChI=1S/C12H18N2O3S/c15-11(9-13-5-7-17-8-6-13)10-18-12-3-1-2-4-14(12)16/h1-4,11,15H,5-10H2. The number of nitrogens with zero attached hydrogens (tertiary/aromatic N) is 2. The molecule has 0 spiro atoms. The zero-order valence-corrected chi connectivity index (χ0v) is 11.0. The van der Waals surface area contributed by atoms with Crippen LogP contribution in [0, 0.1) is 5.21 Å². The highest BCUT2D eigenvalue weighted by Crippen LogP contribution is 2.14. The molecule has 1 fully saturated rings. The average Bonchev–Trinajstić information content (AvgIpc) is 2.39. The highest BCUT2D eigenvalue weighted by Gasteiger charge is 2.16. The van der Waals surface area contributed by atoms with Gasteiger partial charge < -0.3 is 15.1 Å². The molecule has 1 N–H and O–H groups in total. The first-order chi connectivity index (χ1) is 8.75. The molecule has 0 saturated carbocycles. The van der Waals surface area contributed by atoms with E-state index in [-0.39, 0.29) is 0 Å². The smallest absolute Gasteiger partial charge is 0.251 e. The molecule has 100 valence electrons. The molecule has 0 bridgehead atoms. The van der Waals surface area contributed by atoms with E-state index < -0.39 is 6.10 Å². The molecule has 5 nitrogen and oxygen atoms in total. The van der Waals surface area contributed by atoms with E-state index in [1.807, 2.05) is 6.07 Å². The Morgan fingerprint density at radius 2 is 2.22 bits per heavy atom. The van der Waals surface area contributed by atoms with E-state index in [0.717, 1.165) is 31.0 Å². The maximum Gasteiger partial charge on any atom is 0.251 e. The Morgan fingerprint density at radius 1 is 1.44 bits per heavy atom. The minimum atomic E-state index is -0.423. The highest BCUT2D eigenvalue weighted by atomic mass is 32.2. The highest BCUT2D eigenvalue weighted by molar-refractivity contribution is 7.99. The maximum atomic E-state index is 11.4. The number of ether oxygens (including phenoxy) is 1. The van der Waals surface area contributed by atoms with Crippen LogP contribution < -0.4 is 4.73 Å². The summed E-state index contributed by atoms with van der Waals surface area (Å²) in [5, 5.41) is 22.0. The van der Waals surface area contributed by atoms with Crippen LogP contribution in [0.25, 0.3) is 0 Å². The third kappa shape index (κ3) is 4.13. The lowest BCUT2D eigenvalue weighted by molar-refractivity contribution is -0.645. The molecule has 6 heteroatoms. The minimum Gasteiger partial charge on any atom is -0.618 e. The van der Waals surface area contributed by atoms with E-state index in [1.54, 1.807) is 12.1 Å². The van der Waals surface area contributed by atoms with Crippen LogP contribution in [0.3, 0.4) is 0 Å². The molecule has 1 aromatic rings. The van der Waals surface area contributed by atoms with Gasteiger partial charge in [0.2, 0.25) is 0 Å². The third-order valence-corrected chi connectivity index (χ3v) is 3.95. The number of pyridine rings is 1. The van der Waals surface area contributed by atoms with E-state index in [4.69, 9.17) is 4.74 Å². The fourth-order valence-corrected chi connectivity index (χ4v) is 2.67. The van der Waals surface area contributed by atoms with Crippen molar-refractivity contribution in [3.8, 4) is 0 Å². The van der Waals surface area contributed by atoms with Gasteiger partial charge in [-0.15, -0.1) is 0 Å². The Balaban J connectivity index is 1.74. The quantitative estimate of drug-likeness (QED) is 0.467. The number of hydrogen-bond donors (Lipinski definition) is 1. The fourth-order valence-electron chi connectivity index (χ4n) is 1.84. The molecule has 0 aromatic carbocycles. The Labute approximate surface area is 111 Å². The number of aliphatic hydroxyl groups excluding tert-OH is 1. The number of rotatable bonds is 5. The van der Waals surface area contributed by atoms with Gasteiger partial charge in [0.1, 0.15) is 0 Å². The first kappa shape index (κ1) is 13.6. The van der Waals surface area contributed by atoms with Gasteiger partial charge in [-0.1, -0.05) is 11.8 Å². The molecule has 2 rings (SSSR count). The van der Waals surface area contributed by atoms with Crippen LogP contribution >= 0.6 is 11.8 Å². The zero-order chi connectivity index (χ0) is 12.8. The van der Waals surface area contributed by atoms with E-state index in [0.29, 0.717) is 17.3 Å². The van der Waals surface area contributed by atoms with Crippen molar-refractivity contribution in [2.45, 2.75) is 11.1 Å². The first-order valence-electron chi connectivity index (χ1n) is 6.05. The van der Waals surface area contributed by atoms with Crippen LogP contribution in [0.4, 0.5) is 0 Å². The van der Waals surface area contributed by atoms with Crippen LogP contribution in [0.1, 0.15) is 0 Å². The molecule has 1 atom stereocenters. The van der Waals surface area contributed by atoms with E-state index >= 15 is 0 Å². The normalized spacial score (nSPS) is 18.7. The summed E-state index contributed by atoms with van der Waals surface area (Å²) < 4.78 is 6.08. The molecule has 0 radical (unpaired) electrons. The van der Waals surface area contributed by atoms with Crippen molar-refractivity contribution >= 4 is 11.8 Å². The van der Waals surface area contributed by atoms with Gasteiger partial charge in [0, 0.05) is 37.5 Å². The lowest BCUT2D eigenvalue weighted by Gasteiger charge is -2.28. The van der Waals surface area contributed by atoms with Crippen LogP contribution in [-0.4, -0.2) is 54.7 Å². The fraction of sp³-hybridized carbons (Fsp3) is 0.583. The van der Waals surface area contributed by atoms with Crippen molar-refractivity contribution in [2.75, 3.05) is 38.6 Å². The molecule has 0 aliphatic carbocycles. The average molecular weight is 270 g/mol.